The van der Waals surface area contributed by atoms with E-state index in [9.17, 15) is 8.42 Å². The Bertz CT molecular complexity index is 1190. The lowest BCUT2D eigenvalue weighted by Gasteiger charge is -2.06. The second kappa shape index (κ2) is 7.74. The summed E-state index contributed by atoms with van der Waals surface area (Å²) in [7, 11) is -3.75. The molecule has 144 valence electrons. The highest BCUT2D eigenvalue weighted by Gasteiger charge is 2.15. The van der Waals surface area contributed by atoms with Crippen LogP contribution in [0, 0.1) is 6.92 Å². The van der Waals surface area contributed by atoms with Crippen molar-refractivity contribution in [3.63, 3.8) is 0 Å². The van der Waals surface area contributed by atoms with E-state index in [4.69, 9.17) is 4.18 Å². The number of nitrogens with zero attached hydrogens (tertiary/aromatic N) is 5. The van der Waals surface area contributed by atoms with Crippen LogP contribution in [0.2, 0.25) is 0 Å². The van der Waals surface area contributed by atoms with E-state index in [-0.39, 0.29) is 11.5 Å². The van der Waals surface area contributed by atoms with Crippen LogP contribution in [0.25, 0.3) is 16.5 Å². The van der Waals surface area contributed by atoms with Gasteiger partial charge in [0.2, 0.25) is 5.82 Å². The van der Waals surface area contributed by atoms with Gasteiger partial charge in [0.1, 0.15) is 0 Å². The largest absolute Gasteiger partial charge is 0.296 e. The normalized spacial score (nSPS) is 11.9. The van der Waals surface area contributed by atoms with Crippen molar-refractivity contribution in [2.45, 2.75) is 24.7 Å². The van der Waals surface area contributed by atoms with Gasteiger partial charge in [0.25, 0.3) is 10.1 Å². The van der Waals surface area contributed by atoms with Gasteiger partial charge in [-0.25, -0.2) is 4.98 Å². The molecular weight excluding hydrogens is 398 g/mol. The van der Waals surface area contributed by atoms with Crippen molar-refractivity contribution in [3.05, 3.63) is 59.2 Å². The number of fused-ring (bicyclic) bond motifs is 1. The Morgan fingerprint density at radius 1 is 1.11 bits per heavy atom. The maximum Gasteiger partial charge on any atom is 0.296 e. The van der Waals surface area contributed by atoms with Crippen LogP contribution in [0.5, 0.6) is 0 Å². The molecule has 10 heteroatoms. The summed E-state index contributed by atoms with van der Waals surface area (Å²) in [5, 5.41) is 15.4. The first-order chi connectivity index (χ1) is 13.5. The fourth-order valence-corrected chi connectivity index (χ4v) is 4.17. The summed E-state index contributed by atoms with van der Waals surface area (Å²) in [6, 6.07) is 10.3. The van der Waals surface area contributed by atoms with Crippen LogP contribution in [0.4, 0.5) is 0 Å². The second-order valence-corrected chi connectivity index (χ2v) is 8.66. The maximum absolute atomic E-state index is 12.2. The van der Waals surface area contributed by atoms with Gasteiger partial charge >= 0.3 is 0 Å². The van der Waals surface area contributed by atoms with Gasteiger partial charge in [-0.15, -0.1) is 21.5 Å². The molecule has 3 heterocycles. The standard InChI is InChI=1S/C18H17N5O3S2/c1-13-4-7-15(8-5-13)28(24,25)26-11-2-3-14-6-9-16-20-21-17(23(16)22-14)18-19-10-12-27-18/h4-10,12H,2-3,11H2,1H3. The Morgan fingerprint density at radius 3 is 2.68 bits per heavy atom. The molecule has 4 aromatic rings. The van der Waals surface area contributed by atoms with Crippen molar-refractivity contribution in [1.29, 1.82) is 0 Å². The molecule has 0 aliphatic rings. The van der Waals surface area contributed by atoms with Crippen LogP contribution in [-0.4, -0.2) is 39.8 Å². The first-order valence-corrected chi connectivity index (χ1v) is 10.9. The first-order valence-electron chi connectivity index (χ1n) is 8.60. The summed E-state index contributed by atoms with van der Waals surface area (Å²) in [6.07, 6.45) is 2.78. The third-order valence-corrected chi connectivity index (χ3v) is 6.16. The summed E-state index contributed by atoms with van der Waals surface area (Å²) < 4.78 is 31.2. The molecule has 8 nitrogen and oxygen atoms in total. The average molecular weight is 416 g/mol. The van der Waals surface area contributed by atoms with E-state index in [0.717, 1.165) is 16.3 Å². The monoisotopic (exact) mass is 415 g/mol. The van der Waals surface area contributed by atoms with Crippen molar-refractivity contribution < 1.29 is 12.6 Å². The van der Waals surface area contributed by atoms with Crippen molar-refractivity contribution in [1.82, 2.24) is 24.8 Å². The zero-order valence-corrected chi connectivity index (χ0v) is 16.7. The summed E-state index contributed by atoms with van der Waals surface area (Å²) in [4.78, 5) is 4.41. The molecular formula is C18H17N5O3S2. The molecule has 0 unspecified atom stereocenters. The van der Waals surface area contributed by atoms with Crippen molar-refractivity contribution >= 4 is 27.1 Å². The number of aryl methyl sites for hydroxylation is 2. The quantitative estimate of drug-likeness (QED) is 0.338. The van der Waals surface area contributed by atoms with E-state index in [1.54, 1.807) is 35.0 Å². The minimum atomic E-state index is -3.75. The van der Waals surface area contributed by atoms with Crippen LogP contribution in [0.1, 0.15) is 17.7 Å². The van der Waals surface area contributed by atoms with Gasteiger partial charge < -0.3 is 0 Å². The molecule has 3 aromatic heterocycles. The highest BCUT2D eigenvalue weighted by Crippen LogP contribution is 2.20. The molecule has 0 saturated carbocycles. The molecule has 0 N–H and O–H groups in total. The van der Waals surface area contributed by atoms with Crippen molar-refractivity contribution in [2.24, 2.45) is 0 Å². The van der Waals surface area contributed by atoms with Crippen molar-refractivity contribution in [3.8, 4) is 10.8 Å². The van der Waals surface area contributed by atoms with Crippen molar-refractivity contribution in [2.75, 3.05) is 6.61 Å². The molecule has 0 aliphatic carbocycles. The fourth-order valence-electron chi connectivity index (χ4n) is 2.62. The average Bonchev–Trinajstić information content (AvgIpc) is 3.34. The maximum atomic E-state index is 12.2. The first kappa shape index (κ1) is 18.7. The van der Waals surface area contributed by atoms with E-state index < -0.39 is 10.1 Å². The van der Waals surface area contributed by atoms with Crippen LogP contribution in [-0.2, 0) is 20.7 Å². The third kappa shape index (κ3) is 3.93. The lowest BCUT2D eigenvalue weighted by atomic mass is 10.2. The number of aromatic nitrogens is 5. The summed E-state index contributed by atoms with van der Waals surface area (Å²) in [5.74, 6) is 0.588. The van der Waals surface area contributed by atoms with Crippen LogP contribution < -0.4 is 0 Å². The van der Waals surface area contributed by atoms with Crippen LogP contribution >= 0.6 is 11.3 Å². The van der Waals surface area contributed by atoms with Gasteiger partial charge in [0.15, 0.2) is 10.7 Å². The molecule has 0 radical (unpaired) electrons. The Balaban J connectivity index is 1.40. The second-order valence-electron chi connectivity index (χ2n) is 6.15. The number of thiazole rings is 1. The molecule has 0 fully saturated rings. The van der Waals surface area contributed by atoms with Gasteiger partial charge in [0, 0.05) is 11.6 Å². The lowest BCUT2D eigenvalue weighted by molar-refractivity contribution is 0.311. The summed E-state index contributed by atoms with van der Waals surface area (Å²) >= 11 is 1.46. The molecule has 0 saturated heterocycles. The van der Waals surface area contributed by atoms with Crippen LogP contribution in [0.15, 0.2) is 52.9 Å². The minimum Gasteiger partial charge on any atom is -0.266 e. The SMILES string of the molecule is Cc1ccc(S(=O)(=O)OCCCc2ccc3nnc(-c4nccs4)n3n2)cc1. The number of hydrogen-bond donors (Lipinski definition) is 0. The smallest absolute Gasteiger partial charge is 0.266 e. The van der Waals surface area contributed by atoms with E-state index >= 15 is 0 Å². The molecule has 0 amide bonds. The van der Waals surface area contributed by atoms with Gasteiger partial charge in [-0.1, -0.05) is 17.7 Å². The van der Waals surface area contributed by atoms with E-state index in [1.165, 1.54) is 11.3 Å². The van der Waals surface area contributed by atoms with Gasteiger partial charge in [0.05, 0.1) is 17.2 Å². The predicted molar refractivity (Wildman–Crippen MR) is 105 cm³/mol. The molecule has 28 heavy (non-hydrogen) atoms. The van der Waals surface area contributed by atoms with E-state index in [1.807, 2.05) is 24.4 Å². The summed E-state index contributed by atoms with van der Waals surface area (Å²) in [5.41, 5.74) is 2.42. The predicted octanol–water partition coefficient (Wildman–Crippen LogP) is 2.89. The molecule has 0 aliphatic heterocycles. The Labute approximate surface area is 166 Å². The van der Waals surface area contributed by atoms with E-state index in [2.05, 4.69) is 20.3 Å². The fraction of sp³-hybridized carbons (Fsp3) is 0.222. The van der Waals surface area contributed by atoms with E-state index in [0.29, 0.717) is 24.3 Å². The zero-order chi connectivity index (χ0) is 19.6. The molecule has 0 atom stereocenters. The highest BCUT2D eigenvalue weighted by atomic mass is 32.2. The molecule has 4 rings (SSSR count). The number of benzene rings is 1. The Morgan fingerprint density at radius 2 is 1.93 bits per heavy atom. The van der Waals surface area contributed by atoms with Crippen LogP contribution in [0.3, 0.4) is 0 Å². The minimum absolute atomic E-state index is 0.0808. The molecule has 0 bridgehead atoms. The zero-order valence-electron chi connectivity index (χ0n) is 15.0. The highest BCUT2D eigenvalue weighted by molar-refractivity contribution is 7.86. The lowest BCUT2D eigenvalue weighted by Crippen LogP contribution is -2.09. The Hall–Kier alpha value is -2.69. The molecule has 1 aromatic carbocycles. The topological polar surface area (TPSA) is 99.3 Å². The number of rotatable bonds is 7. The Kier molecular flexibility index (Phi) is 5.16. The van der Waals surface area contributed by atoms with Gasteiger partial charge in [-0.2, -0.15) is 18.0 Å². The van der Waals surface area contributed by atoms with Gasteiger partial charge in [-0.3, -0.25) is 4.18 Å². The summed E-state index contributed by atoms with van der Waals surface area (Å²) in [6.45, 7) is 1.98. The van der Waals surface area contributed by atoms with Gasteiger partial charge in [-0.05, 0) is 44.0 Å². The number of hydrogen-bond acceptors (Lipinski definition) is 8. The molecule has 0 spiro atoms. The third-order valence-electron chi connectivity index (χ3n) is 4.07.